The van der Waals surface area contributed by atoms with Crippen LogP contribution in [0.3, 0.4) is 0 Å². The molecular formula is C16H12F3NO5. The first-order valence-corrected chi connectivity index (χ1v) is 7.01. The zero-order chi connectivity index (χ0) is 18.6. The number of hydrogen-bond donors (Lipinski definition) is 1. The van der Waals surface area contributed by atoms with Gasteiger partial charge in [-0.2, -0.15) is 13.2 Å². The van der Waals surface area contributed by atoms with Gasteiger partial charge < -0.3 is 9.84 Å². The molecule has 9 heteroatoms. The quantitative estimate of drug-likeness (QED) is 0.612. The van der Waals surface area contributed by atoms with Gasteiger partial charge in [0.2, 0.25) is 0 Å². The van der Waals surface area contributed by atoms with Gasteiger partial charge in [-0.1, -0.05) is 6.07 Å². The fraction of sp³-hybridized carbons (Fsp3) is 0.188. The molecular weight excluding hydrogens is 343 g/mol. The van der Waals surface area contributed by atoms with Gasteiger partial charge in [0, 0.05) is 18.1 Å². The van der Waals surface area contributed by atoms with Crippen molar-refractivity contribution in [3.05, 3.63) is 63.7 Å². The van der Waals surface area contributed by atoms with E-state index in [-0.39, 0.29) is 35.6 Å². The van der Waals surface area contributed by atoms with Crippen LogP contribution in [0.1, 0.15) is 17.5 Å². The summed E-state index contributed by atoms with van der Waals surface area (Å²) in [6, 6.07) is 7.80. The first kappa shape index (κ1) is 18.2. The number of alkyl halides is 3. The maximum atomic E-state index is 12.7. The molecule has 0 aliphatic heterocycles. The summed E-state index contributed by atoms with van der Waals surface area (Å²) in [5.41, 5.74) is -1.05. The van der Waals surface area contributed by atoms with Crippen molar-refractivity contribution in [3.63, 3.8) is 0 Å². The highest BCUT2D eigenvalue weighted by atomic mass is 19.4. The molecule has 2 aromatic carbocycles. The molecule has 0 aliphatic rings. The molecule has 132 valence electrons. The number of carboxylic acid groups (broad SMARTS) is 1. The molecule has 0 spiro atoms. The number of aliphatic carboxylic acids is 1. The van der Waals surface area contributed by atoms with Gasteiger partial charge in [0.25, 0.3) is 5.69 Å². The van der Waals surface area contributed by atoms with Crippen molar-refractivity contribution < 1.29 is 32.7 Å². The largest absolute Gasteiger partial charge is 0.481 e. The van der Waals surface area contributed by atoms with Crippen LogP contribution in [-0.4, -0.2) is 16.0 Å². The van der Waals surface area contributed by atoms with Crippen molar-refractivity contribution in [2.45, 2.75) is 19.0 Å². The number of hydrogen-bond acceptors (Lipinski definition) is 4. The summed E-state index contributed by atoms with van der Waals surface area (Å²) in [5, 5.41) is 19.7. The van der Waals surface area contributed by atoms with E-state index in [1.54, 1.807) is 0 Å². The lowest BCUT2D eigenvalue weighted by molar-refractivity contribution is -0.385. The molecule has 1 N–H and O–H groups in total. The minimum absolute atomic E-state index is 0.0744. The molecule has 0 saturated carbocycles. The van der Waals surface area contributed by atoms with E-state index < -0.39 is 22.6 Å². The number of halogens is 3. The summed E-state index contributed by atoms with van der Waals surface area (Å²) in [5.74, 6) is -1.14. The Bertz CT molecular complexity index is 805. The van der Waals surface area contributed by atoms with E-state index in [0.717, 1.165) is 18.2 Å². The third-order valence-corrected chi connectivity index (χ3v) is 3.25. The van der Waals surface area contributed by atoms with Crippen LogP contribution in [0.2, 0.25) is 0 Å². The van der Waals surface area contributed by atoms with Gasteiger partial charge in [-0.15, -0.1) is 0 Å². The van der Waals surface area contributed by atoms with Crippen LogP contribution < -0.4 is 4.74 Å². The average molecular weight is 355 g/mol. The number of carbonyl (C=O) groups is 1. The predicted octanol–water partition coefficient (Wildman–Crippen LogP) is 4.42. The summed E-state index contributed by atoms with van der Waals surface area (Å²) in [7, 11) is 0. The Morgan fingerprint density at radius 3 is 2.44 bits per heavy atom. The van der Waals surface area contributed by atoms with Gasteiger partial charge in [0.1, 0.15) is 11.5 Å². The van der Waals surface area contributed by atoms with Crippen molar-refractivity contribution in [2.75, 3.05) is 0 Å². The molecule has 6 nitrogen and oxygen atoms in total. The second-order valence-corrected chi connectivity index (χ2v) is 5.07. The van der Waals surface area contributed by atoms with E-state index in [0.29, 0.717) is 0 Å². The van der Waals surface area contributed by atoms with Crippen LogP contribution in [0.5, 0.6) is 11.5 Å². The molecule has 0 bridgehead atoms. The van der Waals surface area contributed by atoms with E-state index in [1.807, 2.05) is 0 Å². The zero-order valence-corrected chi connectivity index (χ0v) is 12.6. The molecule has 0 fully saturated rings. The number of nitro groups is 1. The van der Waals surface area contributed by atoms with E-state index in [2.05, 4.69) is 0 Å². The maximum absolute atomic E-state index is 12.7. The lowest BCUT2D eigenvalue weighted by Gasteiger charge is -2.11. The summed E-state index contributed by atoms with van der Waals surface area (Å²) in [6.07, 6.45) is -4.96. The molecule has 0 aromatic heterocycles. The fourth-order valence-electron chi connectivity index (χ4n) is 2.12. The molecule has 0 saturated heterocycles. The summed E-state index contributed by atoms with van der Waals surface area (Å²) in [4.78, 5) is 21.0. The number of carboxylic acids is 1. The minimum atomic E-state index is -4.53. The SMILES string of the molecule is O=C(O)CCc1cc(Oc2cccc(C(F)(F)F)c2)ccc1[N+](=O)[O-]. The Labute approximate surface area is 139 Å². The Morgan fingerprint density at radius 2 is 1.84 bits per heavy atom. The smallest absolute Gasteiger partial charge is 0.416 e. The summed E-state index contributed by atoms with van der Waals surface area (Å²) >= 11 is 0. The lowest BCUT2D eigenvalue weighted by atomic mass is 10.1. The lowest BCUT2D eigenvalue weighted by Crippen LogP contribution is -2.04. The number of benzene rings is 2. The van der Waals surface area contributed by atoms with E-state index in [9.17, 15) is 28.1 Å². The molecule has 0 radical (unpaired) electrons. The van der Waals surface area contributed by atoms with Crippen molar-refractivity contribution in [3.8, 4) is 11.5 Å². The number of rotatable bonds is 6. The molecule has 0 unspecified atom stereocenters. The van der Waals surface area contributed by atoms with Gasteiger partial charge in [-0.3, -0.25) is 14.9 Å². The van der Waals surface area contributed by atoms with Gasteiger partial charge >= 0.3 is 12.1 Å². The topological polar surface area (TPSA) is 89.7 Å². The molecule has 0 aliphatic carbocycles. The van der Waals surface area contributed by atoms with Crippen LogP contribution in [0.4, 0.5) is 18.9 Å². The van der Waals surface area contributed by atoms with E-state index in [4.69, 9.17) is 9.84 Å². The van der Waals surface area contributed by atoms with Crippen molar-refractivity contribution in [1.82, 2.24) is 0 Å². The van der Waals surface area contributed by atoms with Crippen molar-refractivity contribution >= 4 is 11.7 Å². The normalized spacial score (nSPS) is 11.2. The third kappa shape index (κ3) is 4.93. The highest BCUT2D eigenvalue weighted by molar-refractivity contribution is 5.67. The summed E-state index contributed by atoms with van der Waals surface area (Å²) in [6.45, 7) is 0. The minimum Gasteiger partial charge on any atom is -0.481 e. The van der Waals surface area contributed by atoms with Crippen LogP contribution in [0.25, 0.3) is 0 Å². The third-order valence-electron chi connectivity index (χ3n) is 3.25. The molecule has 2 aromatic rings. The van der Waals surface area contributed by atoms with E-state index in [1.165, 1.54) is 24.3 Å². The number of nitro benzene ring substituents is 1. The Kier molecular flexibility index (Phi) is 5.26. The second kappa shape index (κ2) is 7.20. The zero-order valence-electron chi connectivity index (χ0n) is 12.6. The Morgan fingerprint density at radius 1 is 1.16 bits per heavy atom. The fourth-order valence-corrected chi connectivity index (χ4v) is 2.12. The molecule has 25 heavy (non-hydrogen) atoms. The van der Waals surface area contributed by atoms with Crippen LogP contribution in [0.15, 0.2) is 42.5 Å². The number of nitrogens with zero attached hydrogens (tertiary/aromatic N) is 1. The van der Waals surface area contributed by atoms with Crippen LogP contribution in [-0.2, 0) is 17.4 Å². The van der Waals surface area contributed by atoms with Crippen molar-refractivity contribution in [2.24, 2.45) is 0 Å². The van der Waals surface area contributed by atoms with Crippen molar-refractivity contribution in [1.29, 1.82) is 0 Å². The molecule has 0 atom stereocenters. The Balaban J connectivity index is 2.29. The highest BCUT2D eigenvalue weighted by Crippen LogP contribution is 2.33. The monoisotopic (exact) mass is 355 g/mol. The molecule has 0 amide bonds. The van der Waals surface area contributed by atoms with Gasteiger partial charge in [-0.25, -0.2) is 0 Å². The van der Waals surface area contributed by atoms with Crippen LogP contribution in [0, 0.1) is 10.1 Å². The highest BCUT2D eigenvalue weighted by Gasteiger charge is 2.30. The first-order valence-electron chi connectivity index (χ1n) is 7.01. The van der Waals surface area contributed by atoms with Gasteiger partial charge in [0.05, 0.1) is 10.5 Å². The van der Waals surface area contributed by atoms with Crippen LogP contribution >= 0.6 is 0 Å². The van der Waals surface area contributed by atoms with Gasteiger partial charge in [0.15, 0.2) is 0 Å². The predicted molar refractivity (Wildman–Crippen MR) is 80.6 cm³/mol. The molecule has 0 heterocycles. The standard InChI is InChI=1S/C16H12F3NO5/c17-16(18,19)11-2-1-3-12(9-11)25-13-5-6-14(20(23)24)10(8-13)4-7-15(21)22/h1-3,5-6,8-9H,4,7H2,(H,21,22). The summed E-state index contributed by atoms with van der Waals surface area (Å²) < 4.78 is 43.4. The maximum Gasteiger partial charge on any atom is 0.416 e. The molecule has 2 rings (SSSR count). The number of ether oxygens (including phenoxy) is 1. The first-order chi connectivity index (χ1) is 11.7. The number of aryl methyl sites for hydroxylation is 1. The average Bonchev–Trinajstić information content (AvgIpc) is 2.52. The Hall–Kier alpha value is -3.10. The van der Waals surface area contributed by atoms with E-state index >= 15 is 0 Å². The second-order valence-electron chi connectivity index (χ2n) is 5.07. The van der Waals surface area contributed by atoms with Gasteiger partial charge in [-0.05, 0) is 36.8 Å².